The monoisotopic (exact) mass is 368 g/mol. The van der Waals surface area contributed by atoms with Crippen molar-refractivity contribution in [1.29, 1.82) is 0 Å². The lowest BCUT2D eigenvalue weighted by atomic mass is 10.1. The van der Waals surface area contributed by atoms with E-state index in [4.69, 9.17) is 5.73 Å². The molecule has 2 aromatic heterocycles. The SMILES string of the molecule is C[C@H](Nc1nc(NCCN)cc(Nc2cnccn2)n1)c1ccc(F)cc1. The topological polar surface area (TPSA) is 114 Å². The summed E-state index contributed by atoms with van der Waals surface area (Å²) in [7, 11) is 0. The Hall–Kier alpha value is -3.33. The van der Waals surface area contributed by atoms with Gasteiger partial charge in [0.1, 0.15) is 23.3 Å². The van der Waals surface area contributed by atoms with Crippen molar-refractivity contribution in [3.05, 3.63) is 60.3 Å². The van der Waals surface area contributed by atoms with Crippen LogP contribution in [0.5, 0.6) is 0 Å². The van der Waals surface area contributed by atoms with E-state index in [1.54, 1.807) is 36.8 Å². The summed E-state index contributed by atoms with van der Waals surface area (Å²) in [6.07, 6.45) is 4.78. The molecule has 0 amide bonds. The molecule has 0 aliphatic heterocycles. The highest BCUT2D eigenvalue weighted by Crippen LogP contribution is 2.21. The van der Waals surface area contributed by atoms with E-state index < -0.39 is 0 Å². The average Bonchev–Trinajstić information content (AvgIpc) is 2.67. The van der Waals surface area contributed by atoms with E-state index in [0.717, 1.165) is 5.56 Å². The third-order valence-electron chi connectivity index (χ3n) is 3.71. The van der Waals surface area contributed by atoms with E-state index in [1.807, 2.05) is 6.92 Å². The normalized spacial score (nSPS) is 11.7. The minimum Gasteiger partial charge on any atom is -0.369 e. The van der Waals surface area contributed by atoms with Crippen LogP contribution in [-0.4, -0.2) is 33.0 Å². The smallest absolute Gasteiger partial charge is 0.227 e. The first-order valence-corrected chi connectivity index (χ1v) is 8.52. The lowest BCUT2D eigenvalue weighted by molar-refractivity contribution is 0.626. The Kier molecular flexibility index (Phi) is 6.06. The molecule has 0 aliphatic rings. The quantitative estimate of drug-likeness (QED) is 0.480. The van der Waals surface area contributed by atoms with Gasteiger partial charge in [0.25, 0.3) is 0 Å². The molecule has 27 heavy (non-hydrogen) atoms. The van der Waals surface area contributed by atoms with Gasteiger partial charge in [-0.3, -0.25) is 4.98 Å². The molecule has 1 atom stereocenters. The second-order valence-corrected chi connectivity index (χ2v) is 5.81. The van der Waals surface area contributed by atoms with E-state index in [1.165, 1.54) is 12.1 Å². The Bertz CT molecular complexity index is 857. The van der Waals surface area contributed by atoms with Crippen LogP contribution in [0.3, 0.4) is 0 Å². The number of aromatic nitrogens is 4. The number of nitrogens with one attached hydrogen (secondary N) is 3. The predicted octanol–water partition coefficient (Wildman–Crippen LogP) is 2.69. The fraction of sp³-hybridized carbons (Fsp3) is 0.222. The van der Waals surface area contributed by atoms with Crippen LogP contribution in [0.15, 0.2) is 48.9 Å². The number of hydrogen-bond acceptors (Lipinski definition) is 8. The summed E-state index contributed by atoms with van der Waals surface area (Å²) < 4.78 is 13.1. The predicted molar refractivity (Wildman–Crippen MR) is 103 cm³/mol. The van der Waals surface area contributed by atoms with Crippen molar-refractivity contribution in [2.45, 2.75) is 13.0 Å². The number of rotatable bonds is 8. The zero-order valence-electron chi connectivity index (χ0n) is 14.9. The van der Waals surface area contributed by atoms with Gasteiger partial charge in [-0.2, -0.15) is 9.97 Å². The summed E-state index contributed by atoms with van der Waals surface area (Å²) in [6.45, 7) is 3.01. The molecular formula is C18H21FN8. The molecule has 0 aliphatic carbocycles. The fourth-order valence-electron chi connectivity index (χ4n) is 2.39. The minimum atomic E-state index is -0.273. The van der Waals surface area contributed by atoms with Crippen molar-refractivity contribution in [1.82, 2.24) is 19.9 Å². The van der Waals surface area contributed by atoms with Gasteiger partial charge in [-0.25, -0.2) is 9.37 Å². The molecule has 1 aromatic carbocycles. The maximum atomic E-state index is 13.1. The van der Waals surface area contributed by atoms with Gasteiger partial charge < -0.3 is 21.7 Å². The molecule has 9 heteroatoms. The fourth-order valence-corrected chi connectivity index (χ4v) is 2.39. The van der Waals surface area contributed by atoms with Crippen LogP contribution in [-0.2, 0) is 0 Å². The summed E-state index contributed by atoms with van der Waals surface area (Å²) in [5.74, 6) is 1.89. The van der Waals surface area contributed by atoms with E-state index in [-0.39, 0.29) is 11.9 Å². The standard InChI is InChI=1S/C18H21FN8/c1-12(13-2-4-14(19)5-3-13)24-18-26-15(22-7-6-20)10-16(27-18)25-17-11-21-8-9-23-17/h2-5,8-12H,6-7,20H2,1H3,(H3,22,23,24,25,26,27)/t12-/m0/s1. The molecule has 8 nitrogen and oxygen atoms in total. The van der Waals surface area contributed by atoms with Gasteiger partial charge in [-0.15, -0.1) is 0 Å². The maximum absolute atomic E-state index is 13.1. The van der Waals surface area contributed by atoms with Gasteiger partial charge in [0, 0.05) is 31.5 Å². The van der Waals surface area contributed by atoms with Crippen LogP contribution in [0.25, 0.3) is 0 Å². The van der Waals surface area contributed by atoms with Crippen LogP contribution >= 0.6 is 0 Å². The van der Waals surface area contributed by atoms with Crippen LogP contribution < -0.4 is 21.7 Å². The number of benzene rings is 1. The van der Waals surface area contributed by atoms with Crippen molar-refractivity contribution in [3.8, 4) is 0 Å². The third kappa shape index (κ3) is 5.32. The summed E-state index contributed by atoms with van der Waals surface area (Å²) in [5.41, 5.74) is 6.48. The maximum Gasteiger partial charge on any atom is 0.227 e. The number of hydrogen-bond donors (Lipinski definition) is 4. The van der Waals surface area contributed by atoms with Crippen molar-refractivity contribution < 1.29 is 4.39 Å². The van der Waals surface area contributed by atoms with Crippen molar-refractivity contribution in [2.24, 2.45) is 5.73 Å². The van der Waals surface area contributed by atoms with E-state index in [2.05, 4.69) is 35.9 Å². The molecule has 2 heterocycles. The highest BCUT2D eigenvalue weighted by atomic mass is 19.1. The number of nitrogens with two attached hydrogens (primary N) is 1. The summed E-state index contributed by atoms with van der Waals surface area (Å²) in [6, 6.07) is 7.95. The van der Waals surface area contributed by atoms with Gasteiger partial charge in [-0.1, -0.05) is 12.1 Å². The molecule has 0 fully saturated rings. The van der Waals surface area contributed by atoms with Crippen molar-refractivity contribution >= 4 is 23.4 Å². The molecule has 0 unspecified atom stereocenters. The molecule has 0 bridgehead atoms. The molecule has 0 spiro atoms. The van der Waals surface area contributed by atoms with Gasteiger partial charge >= 0.3 is 0 Å². The molecular weight excluding hydrogens is 347 g/mol. The Labute approximate surface area is 156 Å². The lowest BCUT2D eigenvalue weighted by Crippen LogP contribution is -2.16. The summed E-state index contributed by atoms with van der Waals surface area (Å²) in [4.78, 5) is 17.1. The minimum absolute atomic E-state index is 0.111. The van der Waals surface area contributed by atoms with Crippen LogP contribution in [0, 0.1) is 5.82 Å². The highest BCUT2D eigenvalue weighted by Gasteiger charge is 2.10. The Morgan fingerprint density at radius 2 is 1.85 bits per heavy atom. The molecule has 3 aromatic rings. The van der Waals surface area contributed by atoms with E-state index in [9.17, 15) is 4.39 Å². The van der Waals surface area contributed by atoms with Gasteiger partial charge in [0.2, 0.25) is 5.95 Å². The molecule has 5 N–H and O–H groups in total. The second kappa shape index (κ2) is 8.86. The first-order chi connectivity index (χ1) is 13.1. The second-order valence-electron chi connectivity index (χ2n) is 5.81. The average molecular weight is 368 g/mol. The number of anilines is 4. The third-order valence-corrected chi connectivity index (χ3v) is 3.71. The van der Waals surface area contributed by atoms with Crippen molar-refractivity contribution in [3.63, 3.8) is 0 Å². The van der Waals surface area contributed by atoms with Gasteiger partial charge in [0.15, 0.2) is 0 Å². The molecule has 0 radical (unpaired) electrons. The van der Waals surface area contributed by atoms with Gasteiger partial charge in [-0.05, 0) is 24.6 Å². The first-order valence-electron chi connectivity index (χ1n) is 8.52. The van der Waals surface area contributed by atoms with Crippen molar-refractivity contribution in [2.75, 3.05) is 29.0 Å². The largest absolute Gasteiger partial charge is 0.369 e. The zero-order valence-corrected chi connectivity index (χ0v) is 14.9. The van der Waals surface area contributed by atoms with Crippen LogP contribution in [0.4, 0.5) is 27.8 Å². The number of nitrogens with zero attached hydrogens (tertiary/aromatic N) is 4. The molecule has 0 saturated heterocycles. The molecule has 140 valence electrons. The highest BCUT2D eigenvalue weighted by molar-refractivity contribution is 5.58. The van der Waals surface area contributed by atoms with Crippen LogP contribution in [0.2, 0.25) is 0 Å². The Morgan fingerprint density at radius 3 is 2.56 bits per heavy atom. The molecule has 0 saturated carbocycles. The van der Waals surface area contributed by atoms with Gasteiger partial charge in [0.05, 0.1) is 12.2 Å². The first kappa shape index (κ1) is 18.5. The Morgan fingerprint density at radius 1 is 1.07 bits per heavy atom. The van der Waals surface area contributed by atoms with Crippen LogP contribution in [0.1, 0.15) is 18.5 Å². The summed E-state index contributed by atoms with van der Waals surface area (Å²) in [5, 5.41) is 9.46. The van der Waals surface area contributed by atoms with E-state index >= 15 is 0 Å². The number of halogens is 1. The van der Waals surface area contributed by atoms with E-state index in [0.29, 0.717) is 36.5 Å². The lowest BCUT2D eigenvalue weighted by Gasteiger charge is -2.16. The zero-order chi connectivity index (χ0) is 19.1. The molecule has 3 rings (SSSR count). The Balaban J connectivity index is 1.81. The summed E-state index contributed by atoms with van der Waals surface area (Å²) >= 11 is 0.